The van der Waals surface area contributed by atoms with E-state index in [1.807, 2.05) is 24.3 Å². The van der Waals surface area contributed by atoms with Crippen LogP contribution in [0.25, 0.3) is 5.69 Å². The zero-order valence-electron chi connectivity index (χ0n) is 7.71. The first-order valence-electron chi connectivity index (χ1n) is 4.19. The van der Waals surface area contributed by atoms with Crippen molar-refractivity contribution < 1.29 is 9.84 Å². The van der Waals surface area contributed by atoms with Gasteiger partial charge in [-0.05, 0) is 12.1 Å². The Kier molecular flexibility index (Phi) is 2.10. The third kappa shape index (κ3) is 1.42. The molecule has 0 aliphatic rings. The molecule has 0 atom stereocenters. The number of ether oxygens (including phenoxy) is 1. The molecule has 0 radical (unpaired) electrons. The Morgan fingerprint density at radius 3 is 2.71 bits per heavy atom. The van der Waals surface area contributed by atoms with E-state index in [-0.39, 0.29) is 5.88 Å². The minimum absolute atomic E-state index is 0.00379. The average Bonchev–Trinajstić information content (AvgIpc) is 2.65. The molecule has 0 fully saturated rings. The lowest BCUT2D eigenvalue weighted by molar-refractivity contribution is 0.410. The Morgan fingerprint density at radius 2 is 2.07 bits per heavy atom. The maximum absolute atomic E-state index is 9.11. The smallest absolute Gasteiger partial charge is 0.230 e. The third-order valence-electron chi connectivity index (χ3n) is 1.91. The summed E-state index contributed by atoms with van der Waals surface area (Å²) in [5.74, 6) is 0.714. The summed E-state index contributed by atoms with van der Waals surface area (Å²) in [6.45, 7) is 0. The highest BCUT2D eigenvalue weighted by atomic mass is 16.5. The van der Waals surface area contributed by atoms with Gasteiger partial charge in [0.25, 0.3) is 0 Å². The molecule has 72 valence electrons. The van der Waals surface area contributed by atoms with Crippen LogP contribution in [0.4, 0.5) is 0 Å². The lowest BCUT2D eigenvalue weighted by Gasteiger charge is -2.06. The molecule has 14 heavy (non-hydrogen) atoms. The molecule has 0 unspecified atom stereocenters. The van der Waals surface area contributed by atoms with Gasteiger partial charge in [0.15, 0.2) is 0 Å². The molecule has 1 aromatic heterocycles. The zero-order chi connectivity index (χ0) is 9.97. The highest BCUT2D eigenvalue weighted by Gasteiger charge is 2.04. The highest BCUT2D eigenvalue weighted by Crippen LogP contribution is 2.21. The molecule has 4 heteroatoms. The molecule has 0 saturated carbocycles. The summed E-state index contributed by atoms with van der Waals surface area (Å²) in [6.07, 6.45) is 1.67. The van der Waals surface area contributed by atoms with Crippen LogP contribution in [-0.2, 0) is 0 Å². The van der Waals surface area contributed by atoms with Crippen molar-refractivity contribution in [1.82, 2.24) is 9.78 Å². The van der Waals surface area contributed by atoms with E-state index in [2.05, 4.69) is 5.10 Å². The molecule has 1 heterocycles. The van der Waals surface area contributed by atoms with Gasteiger partial charge < -0.3 is 9.84 Å². The van der Waals surface area contributed by atoms with Crippen LogP contribution in [0.3, 0.4) is 0 Å². The molecular weight excluding hydrogens is 180 g/mol. The fourth-order valence-corrected chi connectivity index (χ4v) is 1.27. The summed E-state index contributed by atoms with van der Waals surface area (Å²) >= 11 is 0. The first kappa shape index (κ1) is 8.62. The lowest BCUT2D eigenvalue weighted by atomic mass is 10.3. The number of benzene rings is 1. The molecule has 0 aliphatic carbocycles. The number of aromatic hydroxyl groups is 1. The topological polar surface area (TPSA) is 47.3 Å². The summed E-state index contributed by atoms with van der Waals surface area (Å²) < 4.78 is 6.73. The molecule has 4 nitrogen and oxygen atoms in total. The molecule has 0 spiro atoms. The van der Waals surface area contributed by atoms with Crippen LogP contribution in [0.1, 0.15) is 0 Å². The Morgan fingerprint density at radius 1 is 1.29 bits per heavy atom. The van der Waals surface area contributed by atoms with E-state index in [9.17, 15) is 0 Å². The van der Waals surface area contributed by atoms with E-state index in [4.69, 9.17) is 9.84 Å². The minimum Gasteiger partial charge on any atom is -0.494 e. The van der Waals surface area contributed by atoms with E-state index in [0.717, 1.165) is 11.4 Å². The second kappa shape index (κ2) is 3.41. The predicted octanol–water partition coefficient (Wildman–Crippen LogP) is 1.59. The van der Waals surface area contributed by atoms with Crippen molar-refractivity contribution in [3.8, 4) is 17.3 Å². The number of para-hydroxylation sites is 2. The third-order valence-corrected chi connectivity index (χ3v) is 1.91. The SMILES string of the molecule is COc1ccccc1-n1ccc(O)n1. The fourth-order valence-electron chi connectivity index (χ4n) is 1.27. The van der Waals surface area contributed by atoms with Crippen molar-refractivity contribution in [3.05, 3.63) is 36.5 Å². The molecule has 0 saturated heterocycles. The van der Waals surface area contributed by atoms with Gasteiger partial charge in [-0.3, -0.25) is 0 Å². The van der Waals surface area contributed by atoms with Crippen molar-refractivity contribution in [3.63, 3.8) is 0 Å². The number of hydrogen-bond acceptors (Lipinski definition) is 3. The maximum atomic E-state index is 9.11. The monoisotopic (exact) mass is 190 g/mol. The van der Waals surface area contributed by atoms with Gasteiger partial charge in [-0.2, -0.15) is 0 Å². The molecule has 0 aliphatic heterocycles. The number of rotatable bonds is 2. The van der Waals surface area contributed by atoms with Gasteiger partial charge in [0.05, 0.1) is 7.11 Å². The fraction of sp³-hybridized carbons (Fsp3) is 0.100. The number of aromatic nitrogens is 2. The molecule has 1 N–H and O–H groups in total. The van der Waals surface area contributed by atoms with Crippen LogP contribution < -0.4 is 4.74 Å². The second-order valence-electron chi connectivity index (χ2n) is 2.79. The molecular formula is C10H10N2O2. The largest absolute Gasteiger partial charge is 0.494 e. The molecule has 0 bridgehead atoms. The quantitative estimate of drug-likeness (QED) is 0.782. The van der Waals surface area contributed by atoms with Crippen molar-refractivity contribution in [1.29, 1.82) is 0 Å². The van der Waals surface area contributed by atoms with Gasteiger partial charge in [-0.1, -0.05) is 12.1 Å². The minimum atomic E-state index is -0.00379. The molecule has 2 aromatic rings. The van der Waals surface area contributed by atoms with Gasteiger partial charge in [0, 0.05) is 12.3 Å². The number of nitrogens with zero attached hydrogens (tertiary/aromatic N) is 2. The number of methoxy groups -OCH3 is 1. The van der Waals surface area contributed by atoms with Crippen molar-refractivity contribution in [2.75, 3.05) is 7.11 Å². The van der Waals surface area contributed by atoms with Crippen LogP contribution in [-0.4, -0.2) is 22.0 Å². The van der Waals surface area contributed by atoms with Gasteiger partial charge >= 0.3 is 0 Å². The standard InChI is InChI=1S/C10H10N2O2/c1-14-9-5-3-2-4-8(9)12-7-6-10(13)11-12/h2-7H,1H3,(H,11,13). The normalized spacial score (nSPS) is 10.1. The Balaban J connectivity index is 2.50. The van der Waals surface area contributed by atoms with Crippen LogP contribution in [0.15, 0.2) is 36.5 Å². The van der Waals surface area contributed by atoms with Gasteiger partial charge in [-0.15, -0.1) is 5.10 Å². The second-order valence-corrected chi connectivity index (χ2v) is 2.79. The van der Waals surface area contributed by atoms with Gasteiger partial charge in [0.2, 0.25) is 5.88 Å². The lowest BCUT2D eigenvalue weighted by Crippen LogP contribution is -1.97. The molecule has 1 aromatic carbocycles. The molecule has 0 amide bonds. The van der Waals surface area contributed by atoms with Crippen LogP contribution >= 0.6 is 0 Å². The number of hydrogen-bond donors (Lipinski definition) is 1. The summed E-state index contributed by atoms with van der Waals surface area (Å²) in [6, 6.07) is 8.99. The Bertz CT molecular complexity index is 437. The Labute approximate surface area is 81.4 Å². The van der Waals surface area contributed by atoms with Crippen molar-refractivity contribution >= 4 is 0 Å². The van der Waals surface area contributed by atoms with Crippen LogP contribution in [0.5, 0.6) is 11.6 Å². The van der Waals surface area contributed by atoms with Crippen LogP contribution in [0, 0.1) is 0 Å². The van der Waals surface area contributed by atoms with E-state index in [1.165, 1.54) is 6.07 Å². The first-order chi connectivity index (χ1) is 6.81. The van der Waals surface area contributed by atoms with E-state index in [0.29, 0.717) is 0 Å². The van der Waals surface area contributed by atoms with Gasteiger partial charge in [-0.25, -0.2) is 4.68 Å². The summed E-state index contributed by atoms with van der Waals surface area (Å²) in [4.78, 5) is 0. The zero-order valence-corrected chi connectivity index (χ0v) is 7.71. The highest BCUT2D eigenvalue weighted by molar-refractivity contribution is 5.46. The van der Waals surface area contributed by atoms with Gasteiger partial charge in [0.1, 0.15) is 11.4 Å². The molecule has 2 rings (SSSR count). The summed E-state index contributed by atoms with van der Waals surface area (Å²) in [5.41, 5.74) is 0.801. The predicted molar refractivity (Wildman–Crippen MR) is 51.8 cm³/mol. The maximum Gasteiger partial charge on any atom is 0.230 e. The average molecular weight is 190 g/mol. The van der Waals surface area contributed by atoms with E-state index >= 15 is 0 Å². The van der Waals surface area contributed by atoms with E-state index < -0.39 is 0 Å². The van der Waals surface area contributed by atoms with E-state index in [1.54, 1.807) is 18.0 Å². The van der Waals surface area contributed by atoms with Crippen LogP contribution in [0.2, 0.25) is 0 Å². The summed E-state index contributed by atoms with van der Waals surface area (Å²) in [7, 11) is 1.60. The summed E-state index contributed by atoms with van der Waals surface area (Å²) in [5, 5.41) is 13.0. The Hall–Kier alpha value is -1.97. The first-order valence-corrected chi connectivity index (χ1v) is 4.19. The van der Waals surface area contributed by atoms with Crippen molar-refractivity contribution in [2.45, 2.75) is 0 Å². The van der Waals surface area contributed by atoms with Crippen molar-refractivity contribution in [2.24, 2.45) is 0 Å².